The van der Waals surface area contributed by atoms with Crippen molar-refractivity contribution in [1.82, 2.24) is 9.97 Å². The van der Waals surface area contributed by atoms with Gasteiger partial charge in [0.25, 0.3) is 0 Å². The van der Waals surface area contributed by atoms with Crippen LogP contribution in [-0.4, -0.2) is 4.98 Å². The van der Waals surface area contributed by atoms with Crippen LogP contribution in [0.25, 0.3) is 11.0 Å². The van der Waals surface area contributed by atoms with E-state index >= 15 is 0 Å². The number of nitrogens with zero attached hydrogens (tertiary/aromatic N) is 2. The predicted octanol–water partition coefficient (Wildman–Crippen LogP) is -1.80. The number of rotatable bonds is 0. The molecule has 2 nitrogen and oxygen atoms in total. The van der Waals surface area contributed by atoms with Crippen LogP contribution in [0.15, 0.2) is 30.6 Å². The van der Waals surface area contributed by atoms with E-state index in [1.165, 1.54) is 0 Å². The molecule has 2 heterocycles. The summed E-state index contributed by atoms with van der Waals surface area (Å²) in [6.07, 6.45) is 3.51. The molecule has 0 aliphatic rings. The zero-order chi connectivity index (χ0) is 6.10. The molecule has 0 amide bonds. The monoisotopic (exact) mass is 156 g/mol. The van der Waals surface area contributed by atoms with E-state index in [0.29, 0.717) is 0 Å². The van der Waals surface area contributed by atoms with E-state index in [9.17, 15) is 0 Å². The Kier molecular flexibility index (Phi) is 3.07. The fourth-order valence-corrected chi connectivity index (χ4v) is 0.836. The number of hydrogen-bond donors (Lipinski definition) is 0. The molecule has 0 N–H and O–H groups in total. The smallest absolute Gasteiger partial charge is 0.442 e. The van der Waals surface area contributed by atoms with Crippen LogP contribution in [0.3, 0.4) is 0 Å². The molecule has 0 fully saturated rings. The summed E-state index contributed by atoms with van der Waals surface area (Å²) < 4.78 is 0. The van der Waals surface area contributed by atoms with E-state index in [1.807, 2.05) is 18.2 Å². The number of aromatic nitrogens is 2. The summed E-state index contributed by atoms with van der Waals surface area (Å²) in [4.78, 5) is 8.04. The van der Waals surface area contributed by atoms with Crippen molar-refractivity contribution in [1.29, 1.82) is 0 Å². The van der Waals surface area contributed by atoms with Gasteiger partial charge in [-0.1, -0.05) is 36.2 Å². The molecule has 2 aromatic heterocycles. The molecule has 3 heteroatoms. The normalized spacial score (nSPS) is 9.20. The third kappa shape index (κ3) is 1.49. The summed E-state index contributed by atoms with van der Waals surface area (Å²) in [6.45, 7) is 0. The molecular formula is C7H5KN2. The maximum Gasteiger partial charge on any atom is 1.00 e. The Bertz CT molecular complexity index is 286. The molecule has 0 spiro atoms. The minimum Gasteiger partial charge on any atom is -0.442 e. The molecule has 2 aromatic rings. The molecule has 0 saturated carbocycles. The Hall–Kier alpha value is 0.326. The van der Waals surface area contributed by atoms with Crippen molar-refractivity contribution in [2.75, 3.05) is 0 Å². The van der Waals surface area contributed by atoms with Crippen LogP contribution in [0.5, 0.6) is 0 Å². The largest absolute Gasteiger partial charge is 1.00 e. The summed E-state index contributed by atoms with van der Waals surface area (Å²) in [7, 11) is 0. The zero-order valence-corrected chi connectivity index (χ0v) is 8.90. The van der Waals surface area contributed by atoms with E-state index in [1.54, 1.807) is 12.4 Å². The van der Waals surface area contributed by atoms with Gasteiger partial charge in [-0.25, -0.2) is 0 Å². The molecule has 44 valence electrons. The predicted molar refractivity (Wildman–Crippen MR) is 35.1 cm³/mol. The van der Waals surface area contributed by atoms with Crippen molar-refractivity contribution in [3.05, 3.63) is 30.6 Å². The molecule has 0 aliphatic heterocycles. The van der Waals surface area contributed by atoms with Crippen LogP contribution in [0, 0.1) is 0 Å². The number of pyridine rings is 1. The van der Waals surface area contributed by atoms with Crippen molar-refractivity contribution >= 4 is 11.0 Å². The van der Waals surface area contributed by atoms with Crippen molar-refractivity contribution < 1.29 is 51.4 Å². The maximum atomic E-state index is 4.03. The second-order valence-corrected chi connectivity index (χ2v) is 1.86. The fourth-order valence-electron chi connectivity index (χ4n) is 0.836. The first kappa shape index (κ1) is 8.42. The SMILES string of the molecule is [K+].c1cnc2[n-]ccc2c1. The van der Waals surface area contributed by atoms with Crippen LogP contribution >= 0.6 is 0 Å². The van der Waals surface area contributed by atoms with Crippen molar-refractivity contribution in [3.8, 4) is 0 Å². The topological polar surface area (TPSA) is 27.0 Å². The van der Waals surface area contributed by atoms with Crippen LogP contribution in [-0.2, 0) is 0 Å². The van der Waals surface area contributed by atoms with Crippen molar-refractivity contribution in [3.63, 3.8) is 0 Å². The van der Waals surface area contributed by atoms with Gasteiger partial charge in [0.1, 0.15) is 0 Å². The summed E-state index contributed by atoms with van der Waals surface area (Å²) in [6, 6.07) is 5.85. The fraction of sp³-hybridized carbons (Fsp3) is 0. The molecule has 0 bridgehead atoms. The standard InChI is InChI=1S/C7H5N2.K/c1-2-6-3-5-9-7(6)8-4-1;/h1-5H;/q-1;+1. The third-order valence-electron chi connectivity index (χ3n) is 1.27. The van der Waals surface area contributed by atoms with E-state index in [4.69, 9.17) is 0 Å². The molecule has 0 aromatic carbocycles. The molecule has 10 heavy (non-hydrogen) atoms. The molecule has 0 atom stereocenters. The zero-order valence-electron chi connectivity index (χ0n) is 5.78. The van der Waals surface area contributed by atoms with Crippen LogP contribution < -0.4 is 56.4 Å². The van der Waals surface area contributed by atoms with Gasteiger partial charge in [0.15, 0.2) is 0 Å². The average molecular weight is 156 g/mol. The molecular weight excluding hydrogens is 151 g/mol. The van der Waals surface area contributed by atoms with Gasteiger partial charge in [-0.2, -0.15) is 0 Å². The Morgan fingerprint density at radius 1 is 1.30 bits per heavy atom. The van der Waals surface area contributed by atoms with E-state index in [0.717, 1.165) is 11.0 Å². The average Bonchev–Trinajstić information content (AvgIpc) is 2.33. The number of fused-ring (bicyclic) bond motifs is 1. The first-order valence-corrected chi connectivity index (χ1v) is 2.79. The summed E-state index contributed by atoms with van der Waals surface area (Å²) in [5.41, 5.74) is 0.831. The van der Waals surface area contributed by atoms with Crippen LogP contribution in [0.4, 0.5) is 0 Å². The second kappa shape index (κ2) is 3.64. The van der Waals surface area contributed by atoms with Gasteiger partial charge >= 0.3 is 51.4 Å². The van der Waals surface area contributed by atoms with E-state index < -0.39 is 0 Å². The summed E-state index contributed by atoms with van der Waals surface area (Å²) >= 11 is 0. The van der Waals surface area contributed by atoms with Gasteiger partial charge in [-0.15, -0.1) is 0 Å². The Labute approximate surface area is 101 Å². The maximum absolute atomic E-state index is 4.03. The third-order valence-corrected chi connectivity index (χ3v) is 1.27. The molecule has 0 saturated heterocycles. The van der Waals surface area contributed by atoms with Gasteiger partial charge in [0, 0.05) is 0 Å². The Morgan fingerprint density at radius 3 is 3.00 bits per heavy atom. The van der Waals surface area contributed by atoms with Crippen LogP contribution in [0.2, 0.25) is 0 Å². The minimum absolute atomic E-state index is 0. The van der Waals surface area contributed by atoms with Crippen molar-refractivity contribution in [2.45, 2.75) is 0 Å². The molecule has 2 rings (SSSR count). The number of hydrogen-bond acceptors (Lipinski definition) is 1. The van der Waals surface area contributed by atoms with Gasteiger partial charge in [0.05, 0.1) is 0 Å². The Morgan fingerprint density at radius 2 is 2.20 bits per heavy atom. The minimum atomic E-state index is 0. The van der Waals surface area contributed by atoms with Gasteiger partial charge in [-0.05, 0) is 5.39 Å². The second-order valence-electron chi connectivity index (χ2n) is 1.86. The first-order chi connectivity index (χ1) is 4.47. The molecule has 0 unspecified atom stereocenters. The molecule has 0 aliphatic carbocycles. The quantitative estimate of drug-likeness (QED) is 0.421. The van der Waals surface area contributed by atoms with Crippen molar-refractivity contribution in [2.24, 2.45) is 0 Å². The van der Waals surface area contributed by atoms with Crippen LogP contribution in [0.1, 0.15) is 0 Å². The van der Waals surface area contributed by atoms with Gasteiger partial charge in [0.2, 0.25) is 0 Å². The Balaban J connectivity index is 0.000000500. The van der Waals surface area contributed by atoms with E-state index in [-0.39, 0.29) is 51.4 Å². The summed E-state index contributed by atoms with van der Waals surface area (Å²) in [5, 5.41) is 1.11. The first-order valence-electron chi connectivity index (χ1n) is 2.79. The van der Waals surface area contributed by atoms with Gasteiger partial charge in [-0.3, -0.25) is 0 Å². The summed E-state index contributed by atoms with van der Waals surface area (Å²) in [5.74, 6) is 0. The van der Waals surface area contributed by atoms with E-state index in [2.05, 4.69) is 9.97 Å². The molecule has 0 radical (unpaired) electrons. The van der Waals surface area contributed by atoms with Gasteiger partial charge < -0.3 is 9.97 Å².